The van der Waals surface area contributed by atoms with Gasteiger partial charge in [0.05, 0.1) is 60.4 Å². The van der Waals surface area contributed by atoms with Crippen molar-refractivity contribution in [2.75, 3.05) is 56.7 Å². The van der Waals surface area contributed by atoms with Crippen LogP contribution in [0.15, 0.2) is 59.7 Å². The Labute approximate surface area is 364 Å². The van der Waals surface area contributed by atoms with Crippen LogP contribution < -0.4 is 26.0 Å². The van der Waals surface area contributed by atoms with Gasteiger partial charge in [0.1, 0.15) is 29.8 Å². The fourth-order valence-electron chi connectivity index (χ4n) is 10.5. The Kier molecular flexibility index (Phi) is 11.2. The van der Waals surface area contributed by atoms with Gasteiger partial charge in [0.25, 0.3) is 5.91 Å². The van der Waals surface area contributed by atoms with Crippen LogP contribution in [-0.4, -0.2) is 111 Å². The van der Waals surface area contributed by atoms with Crippen molar-refractivity contribution >= 4 is 45.9 Å². The highest BCUT2D eigenvalue weighted by Crippen LogP contribution is 2.39. The molecule has 63 heavy (non-hydrogen) atoms. The highest BCUT2D eigenvalue weighted by molar-refractivity contribution is 6.09. The third kappa shape index (κ3) is 8.09. The van der Waals surface area contributed by atoms with Gasteiger partial charge in [-0.15, -0.1) is 0 Å². The lowest BCUT2D eigenvalue weighted by molar-refractivity contribution is -0.135. The van der Waals surface area contributed by atoms with Crippen LogP contribution in [0, 0.1) is 17.8 Å². The molecule has 5 aromatic rings. The first kappa shape index (κ1) is 41.0. The lowest BCUT2D eigenvalue weighted by Gasteiger charge is -2.36. The molecule has 1 saturated carbocycles. The topological polar surface area (TPSA) is 167 Å². The monoisotopic (exact) mass is 855 g/mol. The fourth-order valence-corrected chi connectivity index (χ4v) is 10.5. The Bertz CT molecular complexity index is 2700. The Morgan fingerprint density at radius 1 is 1.03 bits per heavy atom. The van der Waals surface area contributed by atoms with E-state index < -0.39 is 11.9 Å². The van der Waals surface area contributed by atoms with Crippen LogP contribution in [0.25, 0.3) is 16.7 Å². The summed E-state index contributed by atoms with van der Waals surface area (Å²) in [6, 6.07) is 13.2. The zero-order valence-corrected chi connectivity index (χ0v) is 35.8. The first-order valence-electron chi connectivity index (χ1n) is 22.3. The second-order valence-electron chi connectivity index (χ2n) is 17.7. The number of amides is 3. The molecule has 2 N–H and O–H groups in total. The Balaban J connectivity index is 0.700. The van der Waals surface area contributed by atoms with Crippen molar-refractivity contribution in [1.82, 2.24) is 33.9 Å². The number of aromatic nitrogens is 5. The molecule has 16 nitrogen and oxygen atoms in total. The molecule has 5 aliphatic rings. The molecule has 0 spiro atoms. The lowest BCUT2D eigenvalue weighted by Crippen LogP contribution is -2.44. The first-order valence-corrected chi connectivity index (χ1v) is 22.3. The van der Waals surface area contributed by atoms with Gasteiger partial charge in [-0.2, -0.15) is 5.10 Å². The van der Waals surface area contributed by atoms with E-state index in [2.05, 4.69) is 49.5 Å². The van der Waals surface area contributed by atoms with Crippen molar-refractivity contribution in [2.45, 2.75) is 88.0 Å². The summed E-state index contributed by atoms with van der Waals surface area (Å²) in [5, 5.41) is 9.89. The number of piperidine rings is 2. The molecule has 5 fully saturated rings. The summed E-state index contributed by atoms with van der Waals surface area (Å²) in [4.78, 5) is 61.1. The van der Waals surface area contributed by atoms with Gasteiger partial charge in [0.2, 0.25) is 11.8 Å². The molecule has 3 aromatic heterocycles. The number of nitrogens with one attached hydrogen (secondary N) is 2. The van der Waals surface area contributed by atoms with Gasteiger partial charge >= 0.3 is 5.69 Å². The molecule has 2 aromatic carbocycles. The standard InChI is InChI=1S/C47H53N9O7/c1-52-43-31(5-3-7-38(43)56(47(52)60)39-13-15-42(57)51-46(39)59)6-4-22-62-34-16-19-53(20-17-34)26-29-8-10-30(11-9-29)32-12-14-40(61-2)37(23-32)49-45(58)36-25-48-55-21-18-41(50-44(36)55)54-27-35-24-33(54)28-63-35/h3,5,7,12,14,18,21,23,25,29-30,33-35,39H,8-11,13,15-17,19-20,22,24,26-28H2,1-2H3,(H,49,58)(H,51,57,59)/t29-,30-,33-,35-,39?/m1/s1. The van der Waals surface area contributed by atoms with E-state index in [4.69, 9.17) is 19.2 Å². The minimum Gasteiger partial charge on any atom is -0.495 e. The number of nitrogens with zero attached hydrogens (tertiary/aromatic N) is 7. The molecule has 2 bridgehead atoms. The van der Waals surface area contributed by atoms with Gasteiger partial charge in [-0.05, 0) is 99.1 Å². The fraction of sp³-hybridized carbons (Fsp3) is 0.489. The molecule has 10 rings (SSSR count). The van der Waals surface area contributed by atoms with Gasteiger partial charge in [0, 0.05) is 45.8 Å². The molecule has 7 heterocycles. The zero-order chi connectivity index (χ0) is 43.2. The second-order valence-corrected chi connectivity index (χ2v) is 17.7. The van der Waals surface area contributed by atoms with Crippen molar-refractivity contribution in [3.63, 3.8) is 0 Å². The number of likely N-dealkylation sites (tertiary alicyclic amines) is 1. The van der Waals surface area contributed by atoms with Crippen LogP contribution in [0.2, 0.25) is 0 Å². The predicted molar refractivity (Wildman–Crippen MR) is 235 cm³/mol. The Morgan fingerprint density at radius 2 is 1.87 bits per heavy atom. The third-order valence-electron chi connectivity index (χ3n) is 13.9. The summed E-state index contributed by atoms with van der Waals surface area (Å²) in [6.45, 7) is 4.88. The van der Waals surface area contributed by atoms with E-state index in [1.54, 1.807) is 24.9 Å². The summed E-state index contributed by atoms with van der Waals surface area (Å²) in [7, 11) is 3.30. The summed E-state index contributed by atoms with van der Waals surface area (Å²) in [6.07, 6.45) is 11.7. The number of imide groups is 1. The number of aryl methyl sites for hydroxylation is 1. The van der Waals surface area contributed by atoms with Crippen LogP contribution in [0.3, 0.4) is 0 Å². The van der Waals surface area contributed by atoms with E-state index in [0.717, 1.165) is 76.9 Å². The number of rotatable bonds is 10. The van der Waals surface area contributed by atoms with Gasteiger partial charge in [-0.25, -0.2) is 14.3 Å². The van der Waals surface area contributed by atoms with Crippen LogP contribution in [0.1, 0.15) is 91.2 Å². The van der Waals surface area contributed by atoms with Crippen molar-refractivity contribution < 1.29 is 28.6 Å². The molecular formula is C47H53N9O7. The normalized spacial score (nSPS) is 24.2. The minimum absolute atomic E-state index is 0.145. The average Bonchev–Trinajstić information content (AvgIpc) is 4.10. The molecule has 4 saturated heterocycles. The molecular weight excluding hydrogens is 803 g/mol. The number of anilines is 2. The van der Waals surface area contributed by atoms with Crippen molar-refractivity contribution in [3.05, 3.63) is 82.0 Å². The number of hydrogen-bond acceptors (Lipinski definition) is 11. The van der Waals surface area contributed by atoms with Crippen LogP contribution in [0.4, 0.5) is 11.5 Å². The number of morpholine rings is 1. The predicted octanol–water partition coefficient (Wildman–Crippen LogP) is 4.41. The minimum atomic E-state index is -0.738. The maximum atomic E-state index is 13.8. The van der Waals surface area contributed by atoms with Gasteiger partial charge in [-0.1, -0.05) is 24.0 Å². The number of methoxy groups -OCH3 is 1. The van der Waals surface area contributed by atoms with Crippen molar-refractivity contribution in [3.8, 4) is 17.6 Å². The Morgan fingerprint density at radius 3 is 2.63 bits per heavy atom. The lowest BCUT2D eigenvalue weighted by atomic mass is 9.78. The number of hydrogen-bond donors (Lipinski definition) is 2. The maximum Gasteiger partial charge on any atom is 0.329 e. The van der Waals surface area contributed by atoms with E-state index >= 15 is 0 Å². The van der Waals surface area contributed by atoms with Gasteiger partial charge in [0.15, 0.2) is 5.65 Å². The number of fused-ring (bicyclic) bond motifs is 4. The number of imidazole rings is 1. The summed E-state index contributed by atoms with van der Waals surface area (Å²) in [5.41, 5.74) is 4.45. The molecule has 328 valence electrons. The number of para-hydroxylation sites is 1. The quantitative estimate of drug-likeness (QED) is 0.151. The molecule has 3 atom stereocenters. The van der Waals surface area contributed by atoms with E-state index in [-0.39, 0.29) is 42.6 Å². The maximum absolute atomic E-state index is 13.8. The highest BCUT2D eigenvalue weighted by Gasteiger charge is 2.40. The molecule has 3 amide bonds. The zero-order valence-electron chi connectivity index (χ0n) is 35.8. The van der Waals surface area contributed by atoms with E-state index in [1.165, 1.54) is 14.7 Å². The number of benzene rings is 2. The molecule has 16 heteroatoms. The average molecular weight is 856 g/mol. The third-order valence-corrected chi connectivity index (χ3v) is 13.9. The molecule has 1 unspecified atom stereocenters. The van der Waals surface area contributed by atoms with Crippen molar-refractivity contribution in [1.29, 1.82) is 0 Å². The summed E-state index contributed by atoms with van der Waals surface area (Å²) < 4.78 is 22.3. The molecule has 0 radical (unpaired) electrons. The Hall–Kier alpha value is -6.02. The number of carbonyl (C=O) groups is 3. The summed E-state index contributed by atoms with van der Waals surface area (Å²) >= 11 is 0. The highest BCUT2D eigenvalue weighted by atomic mass is 16.5. The van der Waals surface area contributed by atoms with E-state index in [1.807, 2.05) is 36.5 Å². The second kappa shape index (κ2) is 17.3. The molecule has 1 aliphatic carbocycles. The van der Waals surface area contributed by atoms with Crippen LogP contribution in [0.5, 0.6) is 5.75 Å². The van der Waals surface area contributed by atoms with Crippen LogP contribution in [-0.2, 0) is 26.1 Å². The SMILES string of the molecule is COc1ccc([C@H]2CC[C@H](CN3CCC(OCC#Cc4cccc5c4n(C)c(=O)n5C4CCC(=O)NC4=O)CC3)CC2)cc1NC(=O)c1cnn2ccc(N3C[C@H]4C[C@@H]3CO4)nc12. The van der Waals surface area contributed by atoms with Gasteiger partial charge < -0.3 is 29.3 Å². The first-order chi connectivity index (χ1) is 30.7. The number of carbonyl (C=O) groups excluding carboxylic acids is 3. The van der Waals surface area contributed by atoms with Crippen LogP contribution >= 0.6 is 0 Å². The van der Waals surface area contributed by atoms with Gasteiger partial charge in [-0.3, -0.25) is 28.8 Å². The van der Waals surface area contributed by atoms with Crippen molar-refractivity contribution in [2.24, 2.45) is 13.0 Å². The summed E-state index contributed by atoms with van der Waals surface area (Å²) in [5.74, 6) is 7.82. The van der Waals surface area contributed by atoms with E-state index in [9.17, 15) is 19.2 Å². The smallest absolute Gasteiger partial charge is 0.329 e. The largest absolute Gasteiger partial charge is 0.495 e. The number of ether oxygens (including phenoxy) is 3. The molecule has 4 aliphatic heterocycles. The van der Waals surface area contributed by atoms with E-state index in [0.29, 0.717) is 70.3 Å².